The molecule has 1 amide bonds. The standard InChI is InChI=1S/C16H17N5O/c1-20-10-12(11-5-2-3-6-13(11)20)16(22)17-9-15-19-18-14-7-4-8-21(14)15/h2-3,5-6,10H,4,7-9H2,1H3,(H,17,22). The summed E-state index contributed by atoms with van der Waals surface area (Å²) in [5.41, 5.74) is 1.75. The van der Waals surface area contributed by atoms with Crippen molar-refractivity contribution < 1.29 is 4.79 Å². The van der Waals surface area contributed by atoms with Crippen molar-refractivity contribution in [1.29, 1.82) is 0 Å². The maximum Gasteiger partial charge on any atom is 0.253 e. The summed E-state index contributed by atoms with van der Waals surface area (Å²) in [6.45, 7) is 1.36. The van der Waals surface area contributed by atoms with Gasteiger partial charge in [-0.25, -0.2) is 0 Å². The zero-order valence-electron chi connectivity index (χ0n) is 12.4. The van der Waals surface area contributed by atoms with E-state index in [1.165, 1.54) is 0 Å². The lowest BCUT2D eigenvalue weighted by atomic mass is 10.1. The van der Waals surface area contributed by atoms with Crippen molar-refractivity contribution in [2.75, 3.05) is 0 Å². The number of amides is 1. The van der Waals surface area contributed by atoms with Crippen LogP contribution in [0.5, 0.6) is 0 Å². The number of benzene rings is 1. The third-order valence-electron chi connectivity index (χ3n) is 4.23. The lowest BCUT2D eigenvalue weighted by molar-refractivity contribution is 0.0951. The number of nitrogens with zero attached hydrogens (tertiary/aromatic N) is 4. The van der Waals surface area contributed by atoms with Crippen LogP contribution in [0.3, 0.4) is 0 Å². The van der Waals surface area contributed by atoms with Crippen LogP contribution < -0.4 is 5.32 Å². The van der Waals surface area contributed by atoms with E-state index >= 15 is 0 Å². The van der Waals surface area contributed by atoms with Gasteiger partial charge in [-0.3, -0.25) is 4.79 Å². The van der Waals surface area contributed by atoms with Gasteiger partial charge in [0.25, 0.3) is 5.91 Å². The van der Waals surface area contributed by atoms with E-state index in [1.807, 2.05) is 42.1 Å². The third kappa shape index (κ3) is 1.99. The van der Waals surface area contributed by atoms with Crippen molar-refractivity contribution in [3.63, 3.8) is 0 Å². The molecular formula is C16H17N5O. The molecule has 0 bridgehead atoms. The number of carbonyl (C=O) groups is 1. The van der Waals surface area contributed by atoms with E-state index in [0.29, 0.717) is 12.1 Å². The molecular weight excluding hydrogens is 278 g/mol. The predicted octanol–water partition coefficient (Wildman–Crippen LogP) is 1.65. The van der Waals surface area contributed by atoms with Crippen molar-refractivity contribution in [1.82, 2.24) is 24.6 Å². The van der Waals surface area contributed by atoms with E-state index < -0.39 is 0 Å². The highest BCUT2D eigenvalue weighted by Gasteiger charge is 2.18. The minimum Gasteiger partial charge on any atom is -0.350 e. The average molecular weight is 295 g/mol. The normalized spacial score (nSPS) is 13.5. The Kier molecular flexibility index (Phi) is 2.96. The lowest BCUT2D eigenvalue weighted by Crippen LogP contribution is -2.24. The summed E-state index contributed by atoms with van der Waals surface area (Å²) in [5.74, 6) is 1.78. The molecule has 3 aromatic rings. The molecule has 0 fully saturated rings. The quantitative estimate of drug-likeness (QED) is 0.799. The van der Waals surface area contributed by atoms with Crippen LogP contribution in [0.25, 0.3) is 10.9 Å². The number of hydrogen-bond acceptors (Lipinski definition) is 3. The fourth-order valence-electron chi connectivity index (χ4n) is 3.12. The molecule has 0 spiro atoms. The summed E-state index contributed by atoms with van der Waals surface area (Å²) >= 11 is 0. The second-order valence-electron chi connectivity index (χ2n) is 5.64. The topological polar surface area (TPSA) is 64.7 Å². The van der Waals surface area contributed by atoms with Crippen LogP contribution in [0.1, 0.15) is 28.4 Å². The molecule has 4 rings (SSSR count). The Morgan fingerprint density at radius 1 is 1.32 bits per heavy atom. The van der Waals surface area contributed by atoms with Crippen molar-refractivity contribution in [3.8, 4) is 0 Å². The first-order valence-corrected chi connectivity index (χ1v) is 7.47. The van der Waals surface area contributed by atoms with Crippen molar-refractivity contribution in [2.24, 2.45) is 7.05 Å². The third-order valence-corrected chi connectivity index (χ3v) is 4.23. The summed E-state index contributed by atoms with van der Waals surface area (Å²) < 4.78 is 4.07. The van der Waals surface area contributed by atoms with Gasteiger partial charge >= 0.3 is 0 Å². The first-order valence-electron chi connectivity index (χ1n) is 7.47. The number of para-hydroxylation sites is 1. The van der Waals surface area contributed by atoms with Gasteiger partial charge < -0.3 is 14.5 Å². The molecule has 0 saturated carbocycles. The molecule has 0 radical (unpaired) electrons. The monoisotopic (exact) mass is 295 g/mol. The summed E-state index contributed by atoms with van der Waals surface area (Å²) in [4.78, 5) is 12.5. The van der Waals surface area contributed by atoms with E-state index in [0.717, 1.165) is 41.9 Å². The Hall–Kier alpha value is -2.63. The van der Waals surface area contributed by atoms with Crippen molar-refractivity contribution in [2.45, 2.75) is 25.9 Å². The minimum absolute atomic E-state index is 0.0767. The van der Waals surface area contributed by atoms with Gasteiger partial charge in [0, 0.05) is 37.1 Å². The highest BCUT2D eigenvalue weighted by Crippen LogP contribution is 2.20. The molecule has 0 atom stereocenters. The van der Waals surface area contributed by atoms with Crippen LogP contribution in [-0.4, -0.2) is 25.2 Å². The van der Waals surface area contributed by atoms with Crippen molar-refractivity contribution >= 4 is 16.8 Å². The van der Waals surface area contributed by atoms with Crippen LogP contribution >= 0.6 is 0 Å². The molecule has 112 valence electrons. The summed E-state index contributed by atoms with van der Waals surface area (Å²) in [6.07, 6.45) is 3.95. The van der Waals surface area contributed by atoms with Gasteiger partial charge in [-0.05, 0) is 12.5 Å². The summed E-state index contributed by atoms with van der Waals surface area (Å²) in [5, 5.41) is 12.3. The molecule has 1 N–H and O–H groups in total. The fourth-order valence-corrected chi connectivity index (χ4v) is 3.12. The Balaban J connectivity index is 1.56. The zero-order valence-corrected chi connectivity index (χ0v) is 12.4. The van der Waals surface area contributed by atoms with Crippen LogP contribution in [-0.2, 0) is 26.6 Å². The largest absolute Gasteiger partial charge is 0.350 e. The molecule has 1 aliphatic heterocycles. The zero-order chi connectivity index (χ0) is 15.1. The maximum atomic E-state index is 12.5. The Morgan fingerprint density at radius 3 is 3.09 bits per heavy atom. The molecule has 2 aromatic heterocycles. The van der Waals surface area contributed by atoms with E-state index in [4.69, 9.17) is 0 Å². The Bertz CT molecular complexity index is 861. The van der Waals surface area contributed by atoms with Crippen molar-refractivity contribution in [3.05, 3.63) is 47.7 Å². The van der Waals surface area contributed by atoms with Gasteiger partial charge in [0.1, 0.15) is 5.82 Å². The highest BCUT2D eigenvalue weighted by atomic mass is 16.1. The lowest BCUT2D eigenvalue weighted by Gasteiger charge is -2.05. The van der Waals surface area contributed by atoms with E-state index in [9.17, 15) is 4.79 Å². The number of aromatic nitrogens is 4. The van der Waals surface area contributed by atoms with Gasteiger partial charge in [-0.2, -0.15) is 0 Å². The average Bonchev–Trinajstić information content (AvgIpc) is 3.21. The van der Waals surface area contributed by atoms with Gasteiger partial charge in [0.2, 0.25) is 0 Å². The molecule has 1 aliphatic rings. The molecule has 0 unspecified atom stereocenters. The molecule has 6 nitrogen and oxygen atoms in total. The highest BCUT2D eigenvalue weighted by molar-refractivity contribution is 6.06. The predicted molar refractivity (Wildman–Crippen MR) is 82.4 cm³/mol. The van der Waals surface area contributed by atoms with Crippen LogP contribution in [0.4, 0.5) is 0 Å². The molecule has 1 aromatic carbocycles. The molecule has 0 saturated heterocycles. The number of fused-ring (bicyclic) bond motifs is 2. The minimum atomic E-state index is -0.0767. The second-order valence-corrected chi connectivity index (χ2v) is 5.64. The van der Waals surface area contributed by atoms with E-state index in [2.05, 4.69) is 20.1 Å². The van der Waals surface area contributed by atoms with E-state index in [-0.39, 0.29) is 5.91 Å². The Morgan fingerprint density at radius 2 is 2.18 bits per heavy atom. The van der Waals surface area contributed by atoms with Gasteiger partial charge in [0.05, 0.1) is 12.1 Å². The molecule has 22 heavy (non-hydrogen) atoms. The number of nitrogens with one attached hydrogen (secondary N) is 1. The Labute approximate surface area is 127 Å². The first-order chi connectivity index (χ1) is 10.7. The van der Waals surface area contributed by atoms with Crippen LogP contribution in [0, 0.1) is 0 Å². The first kappa shape index (κ1) is 13.1. The number of aryl methyl sites for hydroxylation is 2. The maximum absolute atomic E-state index is 12.5. The van der Waals surface area contributed by atoms with E-state index in [1.54, 1.807) is 0 Å². The fraction of sp³-hybridized carbons (Fsp3) is 0.312. The number of hydrogen-bond donors (Lipinski definition) is 1. The van der Waals surface area contributed by atoms with Gasteiger partial charge in [-0.15, -0.1) is 10.2 Å². The number of rotatable bonds is 3. The molecule has 0 aliphatic carbocycles. The molecule has 6 heteroatoms. The summed E-state index contributed by atoms with van der Waals surface area (Å²) in [7, 11) is 1.95. The second kappa shape index (κ2) is 4.98. The van der Waals surface area contributed by atoms with Crippen LogP contribution in [0.2, 0.25) is 0 Å². The number of carbonyl (C=O) groups excluding carboxylic acids is 1. The van der Waals surface area contributed by atoms with Gasteiger partial charge in [-0.1, -0.05) is 18.2 Å². The van der Waals surface area contributed by atoms with Crippen LogP contribution in [0.15, 0.2) is 30.5 Å². The SMILES string of the molecule is Cn1cc(C(=O)NCc2nnc3n2CCC3)c2ccccc21. The molecule has 3 heterocycles. The van der Waals surface area contributed by atoms with Gasteiger partial charge in [0.15, 0.2) is 5.82 Å². The smallest absolute Gasteiger partial charge is 0.253 e. The summed E-state index contributed by atoms with van der Waals surface area (Å²) in [6, 6.07) is 7.91.